The normalized spacial score (nSPS) is 36.0. The third kappa shape index (κ3) is 1.86. The fourth-order valence-electron chi connectivity index (χ4n) is 4.17. The van der Waals surface area contributed by atoms with Gasteiger partial charge in [-0.05, 0) is 42.1 Å². The predicted molar refractivity (Wildman–Crippen MR) is 74.4 cm³/mol. The van der Waals surface area contributed by atoms with Crippen molar-refractivity contribution in [3.63, 3.8) is 0 Å². The molecule has 2 aliphatic carbocycles. The van der Waals surface area contributed by atoms with Gasteiger partial charge in [-0.3, -0.25) is 0 Å². The molecule has 1 heterocycles. The zero-order valence-electron chi connectivity index (χ0n) is 12.2. The van der Waals surface area contributed by atoms with Crippen molar-refractivity contribution >= 4 is 0 Å². The lowest BCUT2D eigenvalue weighted by Crippen LogP contribution is -2.37. The molecule has 1 aromatic heterocycles. The lowest BCUT2D eigenvalue weighted by molar-refractivity contribution is -0.0597. The summed E-state index contributed by atoms with van der Waals surface area (Å²) in [6.07, 6.45) is 5.95. The Bertz CT molecular complexity index is 465. The van der Waals surface area contributed by atoms with Gasteiger partial charge in [0.15, 0.2) is 0 Å². The highest BCUT2D eigenvalue weighted by Gasteiger charge is 2.61. The number of fused-ring (bicyclic) bond motifs is 2. The first-order valence-corrected chi connectivity index (χ1v) is 7.35. The minimum absolute atomic E-state index is 0.320. The molecule has 1 aromatic rings. The van der Waals surface area contributed by atoms with Crippen LogP contribution in [0.25, 0.3) is 0 Å². The van der Waals surface area contributed by atoms with Gasteiger partial charge in [-0.1, -0.05) is 20.8 Å². The van der Waals surface area contributed by atoms with Crippen molar-refractivity contribution in [2.24, 2.45) is 22.5 Å². The molecule has 3 nitrogen and oxygen atoms in total. The highest BCUT2D eigenvalue weighted by Crippen LogP contribution is 2.66. The van der Waals surface area contributed by atoms with Crippen LogP contribution in [0.2, 0.25) is 0 Å². The van der Waals surface area contributed by atoms with E-state index in [4.69, 9.17) is 14.9 Å². The molecule has 0 saturated heterocycles. The fraction of sp³-hybridized carbons (Fsp3) is 0.750. The summed E-state index contributed by atoms with van der Waals surface area (Å²) in [5.41, 5.74) is 7.35. The van der Waals surface area contributed by atoms with E-state index in [9.17, 15) is 0 Å². The summed E-state index contributed by atoms with van der Waals surface area (Å²) in [5.74, 6) is 1.71. The summed E-state index contributed by atoms with van der Waals surface area (Å²) in [6, 6.07) is 2.00. The van der Waals surface area contributed by atoms with Crippen molar-refractivity contribution in [3.8, 4) is 0 Å². The summed E-state index contributed by atoms with van der Waals surface area (Å²) in [5, 5.41) is 0. The van der Waals surface area contributed by atoms with E-state index >= 15 is 0 Å². The molecule has 0 spiro atoms. The number of nitrogens with two attached hydrogens (primary N) is 1. The van der Waals surface area contributed by atoms with Gasteiger partial charge in [-0.15, -0.1) is 0 Å². The average Bonchev–Trinajstić information content (AvgIpc) is 2.97. The van der Waals surface area contributed by atoms with Crippen LogP contribution >= 0.6 is 0 Å². The first-order valence-electron chi connectivity index (χ1n) is 7.35. The molecule has 106 valence electrons. The molecule has 0 amide bonds. The molecular formula is C16H25NO2. The smallest absolute Gasteiger partial charge is 0.129 e. The Balaban J connectivity index is 1.66. The molecule has 3 heteroatoms. The fourth-order valence-corrected chi connectivity index (χ4v) is 4.17. The van der Waals surface area contributed by atoms with Gasteiger partial charge < -0.3 is 14.9 Å². The van der Waals surface area contributed by atoms with Crippen molar-refractivity contribution in [1.29, 1.82) is 0 Å². The second-order valence-corrected chi connectivity index (χ2v) is 7.04. The molecule has 3 atom stereocenters. The van der Waals surface area contributed by atoms with Gasteiger partial charge in [0.25, 0.3) is 0 Å². The van der Waals surface area contributed by atoms with E-state index in [2.05, 4.69) is 20.8 Å². The third-order valence-corrected chi connectivity index (χ3v) is 6.08. The highest BCUT2D eigenvalue weighted by molar-refractivity contribution is 5.13. The van der Waals surface area contributed by atoms with Gasteiger partial charge in [-0.2, -0.15) is 0 Å². The van der Waals surface area contributed by atoms with Crippen molar-refractivity contribution in [2.45, 2.75) is 59.3 Å². The van der Waals surface area contributed by atoms with E-state index in [0.717, 1.165) is 17.2 Å². The van der Waals surface area contributed by atoms with Crippen molar-refractivity contribution in [3.05, 3.63) is 23.7 Å². The molecule has 0 aliphatic heterocycles. The van der Waals surface area contributed by atoms with Crippen LogP contribution in [0.1, 0.15) is 51.4 Å². The van der Waals surface area contributed by atoms with E-state index in [1.54, 1.807) is 6.26 Å². The summed E-state index contributed by atoms with van der Waals surface area (Å²) in [7, 11) is 0. The molecule has 3 unspecified atom stereocenters. The number of ether oxygens (including phenoxy) is 1. The molecule has 2 saturated carbocycles. The Morgan fingerprint density at radius 2 is 2.21 bits per heavy atom. The Morgan fingerprint density at radius 3 is 2.74 bits per heavy atom. The second kappa shape index (κ2) is 4.35. The second-order valence-electron chi connectivity index (χ2n) is 7.04. The summed E-state index contributed by atoms with van der Waals surface area (Å²) >= 11 is 0. The predicted octanol–water partition coefficient (Wildman–Crippen LogP) is 3.47. The minimum Gasteiger partial charge on any atom is -0.467 e. The molecule has 0 aromatic carbocycles. The Labute approximate surface area is 115 Å². The standard InChI is InChI=1S/C16H25NO2/c1-15(2)12-4-5-16(15,3)14(7-12)19-10-13-6-11(8-17)9-18-13/h6,9,12,14H,4-5,7-8,10,17H2,1-3H3. The van der Waals surface area contributed by atoms with E-state index in [-0.39, 0.29) is 0 Å². The Morgan fingerprint density at radius 1 is 1.42 bits per heavy atom. The van der Waals surface area contributed by atoms with Crippen molar-refractivity contribution < 1.29 is 9.15 Å². The van der Waals surface area contributed by atoms with Gasteiger partial charge >= 0.3 is 0 Å². The summed E-state index contributed by atoms with van der Waals surface area (Å²) in [6.45, 7) is 8.32. The quantitative estimate of drug-likeness (QED) is 0.905. The Hall–Kier alpha value is -0.800. The minimum atomic E-state index is 0.320. The monoisotopic (exact) mass is 263 g/mol. The summed E-state index contributed by atoms with van der Waals surface area (Å²) in [4.78, 5) is 0. The summed E-state index contributed by atoms with van der Waals surface area (Å²) < 4.78 is 11.7. The van der Waals surface area contributed by atoms with Crippen LogP contribution in [0.15, 0.2) is 16.7 Å². The molecule has 2 bridgehead atoms. The van der Waals surface area contributed by atoms with Crippen LogP contribution in [0.4, 0.5) is 0 Å². The van der Waals surface area contributed by atoms with Gasteiger partial charge in [-0.25, -0.2) is 0 Å². The SMILES string of the molecule is CC1(C)C2CCC1(C)C(OCc1cc(CN)co1)C2. The Kier molecular flexibility index (Phi) is 3.02. The molecule has 2 aliphatic rings. The lowest BCUT2D eigenvalue weighted by atomic mass is 9.70. The molecule has 2 fully saturated rings. The molecule has 2 N–H and O–H groups in total. The highest BCUT2D eigenvalue weighted by atomic mass is 16.5. The van der Waals surface area contributed by atoms with Gasteiger partial charge in [0.05, 0.1) is 12.4 Å². The molecular weight excluding hydrogens is 238 g/mol. The van der Waals surface area contributed by atoms with Crippen LogP contribution < -0.4 is 5.73 Å². The number of rotatable bonds is 4. The van der Waals surface area contributed by atoms with Crippen LogP contribution in [0.3, 0.4) is 0 Å². The number of furan rings is 1. The van der Waals surface area contributed by atoms with Crippen LogP contribution in [0, 0.1) is 16.7 Å². The number of hydrogen-bond donors (Lipinski definition) is 1. The van der Waals surface area contributed by atoms with E-state index in [1.165, 1.54) is 19.3 Å². The molecule has 3 rings (SSSR count). The maximum Gasteiger partial charge on any atom is 0.129 e. The zero-order valence-corrected chi connectivity index (χ0v) is 12.2. The van der Waals surface area contributed by atoms with E-state index in [0.29, 0.717) is 30.1 Å². The average molecular weight is 263 g/mol. The van der Waals surface area contributed by atoms with Crippen LogP contribution in [-0.2, 0) is 17.9 Å². The largest absolute Gasteiger partial charge is 0.467 e. The van der Waals surface area contributed by atoms with Crippen molar-refractivity contribution in [2.75, 3.05) is 0 Å². The number of hydrogen-bond acceptors (Lipinski definition) is 3. The molecule has 19 heavy (non-hydrogen) atoms. The first-order chi connectivity index (χ1) is 8.97. The molecule has 0 radical (unpaired) electrons. The van der Waals surface area contributed by atoms with E-state index in [1.807, 2.05) is 6.07 Å². The van der Waals surface area contributed by atoms with Crippen LogP contribution in [0.5, 0.6) is 0 Å². The third-order valence-electron chi connectivity index (χ3n) is 6.08. The maximum atomic E-state index is 6.18. The first kappa shape index (κ1) is 13.2. The maximum absolute atomic E-state index is 6.18. The van der Waals surface area contributed by atoms with Crippen molar-refractivity contribution in [1.82, 2.24) is 0 Å². The van der Waals surface area contributed by atoms with Gasteiger partial charge in [0, 0.05) is 12.1 Å². The van der Waals surface area contributed by atoms with Gasteiger partial charge in [0.1, 0.15) is 12.4 Å². The van der Waals surface area contributed by atoms with Crippen LogP contribution in [-0.4, -0.2) is 6.10 Å². The van der Waals surface area contributed by atoms with Gasteiger partial charge in [0.2, 0.25) is 0 Å². The lowest BCUT2D eigenvalue weighted by Gasteiger charge is -2.38. The zero-order chi connectivity index (χ0) is 13.7. The van der Waals surface area contributed by atoms with E-state index < -0.39 is 0 Å². The topological polar surface area (TPSA) is 48.4 Å².